The van der Waals surface area contributed by atoms with E-state index in [0.29, 0.717) is 12.3 Å². The summed E-state index contributed by atoms with van der Waals surface area (Å²) in [4.78, 5) is 22.2. The normalized spacial score (nSPS) is 11.0. The summed E-state index contributed by atoms with van der Waals surface area (Å²) in [6.07, 6.45) is 0.0987. The fourth-order valence-corrected chi connectivity index (χ4v) is 1.31. The maximum atomic E-state index is 12.7. The second-order valence-electron chi connectivity index (χ2n) is 4.10. The molecule has 0 aliphatic carbocycles. The van der Waals surface area contributed by atoms with Gasteiger partial charge in [0.25, 0.3) is 0 Å². The number of benzene rings is 1. The van der Waals surface area contributed by atoms with Crippen LogP contribution < -0.4 is 10.7 Å². The lowest BCUT2D eigenvalue weighted by molar-refractivity contribution is -0.120. The van der Waals surface area contributed by atoms with Gasteiger partial charge in [-0.05, 0) is 24.6 Å². The van der Waals surface area contributed by atoms with Crippen LogP contribution in [0.2, 0.25) is 0 Å². The molecular formula is C13H16FN3O2. The second kappa shape index (κ2) is 7.25. The van der Waals surface area contributed by atoms with E-state index in [1.165, 1.54) is 19.1 Å². The Morgan fingerprint density at radius 2 is 1.84 bits per heavy atom. The maximum absolute atomic E-state index is 12.7. The Morgan fingerprint density at radius 3 is 2.42 bits per heavy atom. The highest BCUT2D eigenvalue weighted by atomic mass is 19.1. The molecule has 0 unspecified atom stereocenters. The number of hydrazone groups is 1. The number of nitrogens with zero attached hydrogens (tertiary/aromatic N) is 1. The van der Waals surface area contributed by atoms with Crippen LogP contribution in [0.15, 0.2) is 29.4 Å². The summed E-state index contributed by atoms with van der Waals surface area (Å²) in [7, 11) is 0. The highest BCUT2D eigenvalue weighted by Gasteiger charge is 2.04. The molecular weight excluding hydrogens is 249 g/mol. The predicted molar refractivity (Wildman–Crippen MR) is 69.8 cm³/mol. The molecule has 0 heterocycles. The molecule has 0 bridgehead atoms. The Balaban J connectivity index is 2.37. The summed E-state index contributed by atoms with van der Waals surface area (Å²) in [5, 5.41) is 6.42. The number of halogens is 1. The quantitative estimate of drug-likeness (QED) is 0.623. The molecule has 0 spiro atoms. The second-order valence-corrected chi connectivity index (χ2v) is 4.10. The molecule has 0 fully saturated rings. The topological polar surface area (TPSA) is 70.6 Å². The van der Waals surface area contributed by atoms with Gasteiger partial charge in [0.2, 0.25) is 11.8 Å². The standard InChI is InChI=1S/C13H16FN3O2/c1-9(16-17-10(2)18)7-13(19)15-8-11-3-5-12(14)6-4-11/h3-6H,7-8H2,1-2H3,(H,15,19)(H,17,18)/b16-9+. The summed E-state index contributed by atoms with van der Waals surface area (Å²) in [6.45, 7) is 3.31. The van der Waals surface area contributed by atoms with Gasteiger partial charge >= 0.3 is 0 Å². The summed E-state index contributed by atoms with van der Waals surface area (Å²) in [5.41, 5.74) is 3.58. The van der Waals surface area contributed by atoms with Gasteiger partial charge in [-0.25, -0.2) is 9.82 Å². The van der Waals surface area contributed by atoms with Crippen LogP contribution in [0.25, 0.3) is 0 Å². The van der Waals surface area contributed by atoms with Gasteiger partial charge in [-0.2, -0.15) is 5.10 Å². The Morgan fingerprint density at radius 1 is 1.21 bits per heavy atom. The van der Waals surface area contributed by atoms with Crippen molar-refractivity contribution in [3.8, 4) is 0 Å². The molecule has 2 amide bonds. The highest BCUT2D eigenvalue weighted by Crippen LogP contribution is 2.02. The Labute approximate surface area is 110 Å². The van der Waals surface area contributed by atoms with E-state index in [1.807, 2.05) is 0 Å². The summed E-state index contributed by atoms with van der Waals surface area (Å²) < 4.78 is 12.7. The lowest BCUT2D eigenvalue weighted by Gasteiger charge is -2.05. The molecule has 19 heavy (non-hydrogen) atoms. The third-order valence-corrected chi connectivity index (χ3v) is 2.22. The molecule has 6 heteroatoms. The fraction of sp³-hybridized carbons (Fsp3) is 0.308. The zero-order chi connectivity index (χ0) is 14.3. The van der Waals surface area contributed by atoms with Crippen molar-refractivity contribution >= 4 is 17.5 Å². The van der Waals surface area contributed by atoms with E-state index in [0.717, 1.165) is 5.56 Å². The zero-order valence-corrected chi connectivity index (χ0v) is 10.9. The Hall–Kier alpha value is -2.24. The maximum Gasteiger partial charge on any atom is 0.236 e. The van der Waals surface area contributed by atoms with Gasteiger partial charge in [-0.3, -0.25) is 9.59 Å². The molecule has 5 nitrogen and oxygen atoms in total. The van der Waals surface area contributed by atoms with Crippen LogP contribution in [-0.2, 0) is 16.1 Å². The van der Waals surface area contributed by atoms with Crippen LogP contribution in [0, 0.1) is 5.82 Å². The van der Waals surface area contributed by atoms with Gasteiger partial charge < -0.3 is 5.32 Å². The Bertz CT molecular complexity index is 483. The lowest BCUT2D eigenvalue weighted by Crippen LogP contribution is -2.25. The number of amides is 2. The predicted octanol–water partition coefficient (Wildman–Crippen LogP) is 1.34. The molecule has 0 saturated heterocycles. The van der Waals surface area contributed by atoms with E-state index in [1.54, 1.807) is 19.1 Å². The summed E-state index contributed by atoms with van der Waals surface area (Å²) >= 11 is 0. The van der Waals surface area contributed by atoms with E-state index in [9.17, 15) is 14.0 Å². The van der Waals surface area contributed by atoms with Crippen molar-refractivity contribution in [3.05, 3.63) is 35.6 Å². The molecule has 0 atom stereocenters. The van der Waals surface area contributed by atoms with Crippen LogP contribution >= 0.6 is 0 Å². The van der Waals surface area contributed by atoms with Crippen molar-refractivity contribution in [3.63, 3.8) is 0 Å². The molecule has 1 aromatic carbocycles. The third kappa shape index (κ3) is 6.30. The third-order valence-electron chi connectivity index (χ3n) is 2.22. The Kier molecular flexibility index (Phi) is 5.66. The van der Waals surface area contributed by atoms with E-state index in [2.05, 4.69) is 15.8 Å². The minimum Gasteiger partial charge on any atom is -0.352 e. The van der Waals surface area contributed by atoms with Crippen molar-refractivity contribution in [2.45, 2.75) is 26.8 Å². The molecule has 1 rings (SSSR count). The van der Waals surface area contributed by atoms with Crippen molar-refractivity contribution in [1.29, 1.82) is 0 Å². The van der Waals surface area contributed by atoms with Gasteiger partial charge in [-0.1, -0.05) is 12.1 Å². The molecule has 0 aromatic heterocycles. The largest absolute Gasteiger partial charge is 0.352 e. The number of carbonyl (C=O) groups is 2. The monoisotopic (exact) mass is 265 g/mol. The number of hydrogen-bond donors (Lipinski definition) is 2. The average Bonchev–Trinajstić information content (AvgIpc) is 2.36. The summed E-state index contributed by atoms with van der Waals surface area (Å²) in [6, 6.07) is 5.89. The fourth-order valence-electron chi connectivity index (χ4n) is 1.31. The molecule has 0 saturated carbocycles. The van der Waals surface area contributed by atoms with E-state index in [4.69, 9.17) is 0 Å². The first kappa shape index (κ1) is 14.8. The van der Waals surface area contributed by atoms with Gasteiger partial charge in [0.15, 0.2) is 0 Å². The van der Waals surface area contributed by atoms with Gasteiger partial charge in [0, 0.05) is 19.2 Å². The SMILES string of the molecule is CC(=O)N/N=C(\C)CC(=O)NCc1ccc(F)cc1. The van der Waals surface area contributed by atoms with Crippen molar-refractivity contribution in [2.24, 2.45) is 5.10 Å². The van der Waals surface area contributed by atoms with Crippen LogP contribution in [0.5, 0.6) is 0 Å². The van der Waals surface area contributed by atoms with E-state index in [-0.39, 0.29) is 24.1 Å². The molecule has 0 aliphatic heterocycles. The first-order chi connectivity index (χ1) is 8.97. The molecule has 102 valence electrons. The van der Waals surface area contributed by atoms with Crippen molar-refractivity contribution < 1.29 is 14.0 Å². The van der Waals surface area contributed by atoms with Crippen LogP contribution in [0.4, 0.5) is 4.39 Å². The van der Waals surface area contributed by atoms with E-state index >= 15 is 0 Å². The lowest BCUT2D eigenvalue weighted by atomic mass is 10.2. The average molecular weight is 265 g/mol. The van der Waals surface area contributed by atoms with Gasteiger partial charge in [0.05, 0.1) is 6.42 Å². The smallest absolute Gasteiger partial charge is 0.236 e. The first-order valence-electron chi connectivity index (χ1n) is 5.78. The minimum atomic E-state index is -0.312. The van der Waals surface area contributed by atoms with Gasteiger partial charge in [0.1, 0.15) is 5.82 Å². The molecule has 1 aromatic rings. The van der Waals surface area contributed by atoms with Gasteiger partial charge in [-0.15, -0.1) is 0 Å². The zero-order valence-electron chi connectivity index (χ0n) is 10.9. The van der Waals surface area contributed by atoms with Crippen molar-refractivity contribution in [1.82, 2.24) is 10.7 Å². The van der Waals surface area contributed by atoms with Crippen LogP contribution in [0.1, 0.15) is 25.8 Å². The van der Waals surface area contributed by atoms with Crippen LogP contribution in [-0.4, -0.2) is 17.5 Å². The van der Waals surface area contributed by atoms with Crippen molar-refractivity contribution in [2.75, 3.05) is 0 Å². The molecule has 0 radical (unpaired) electrons. The first-order valence-corrected chi connectivity index (χ1v) is 5.78. The minimum absolute atomic E-state index is 0.0987. The number of carbonyl (C=O) groups excluding carboxylic acids is 2. The number of nitrogens with one attached hydrogen (secondary N) is 2. The summed E-state index contributed by atoms with van der Waals surface area (Å²) in [5.74, 6) is -0.810. The van der Waals surface area contributed by atoms with E-state index < -0.39 is 0 Å². The number of rotatable bonds is 5. The molecule has 2 N–H and O–H groups in total. The molecule has 0 aliphatic rings. The number of hydrogen-bond acceptors (Lipinski definition) is 3. The van der Waals surface area contributed by atoms with Crippen LogP contribution in [0.3, 0.4) is 0 Å². The highest BCUT2D eigenvalue weighted by molar-refractivity contribution is 6.00.